The lowest BCUT2D eigenvalue weighted by atomic mass is 9.79. The van der Waals surface area contributed by atoms with Gasteiger partial charge in [0.25, 0.3) is 0 Å². The maximum Gasteiger partial charge on any atom is 0.338 e. The van der Waals surface area contributed by atoms with Crippen LogP contribution in [0.2, 0.25) is 16.6 Å². The van der Waals surface area contributed by atoms with Crippen LogP contribution in [0.25, 0.3) is 0 Å². The molecule has 12 heteroatoms. The molecule has 7 atom stereocenters. The second kappa shape index (κ2) is 21.3. The topological polar surface area (TPSA) is 117 Å². The molecule has 0 unspecified atom stereocenters. The highest BCUT2D eigenvalue weighted by molar-refractivity contribution is 6.77. The van der Waals surface area contributed by atoms with E-state index in [0.29, 0.717) is 41.8 Å². The summed E-state index contributed by atoms with van der Waals surface area (Å²) in [6.45, 7) is 22.4. The number of hydrogen-bond donors (Lipinski definition) is 0. The minimum Gasteiger partial charge on any atom is -0.493 e. The van der Waals surface area contributed by atoms with Crippen molar-refractivity contribution < 1.29 is 51.9 Å². The monoisotopic (exact) mass is 742 g/mol. The zero-order valence-electron chi connectivity index (χ0n) is 34.1. The van der Waals surface area contributed by atoms with Gasteiger partial charge < -0.3 is 42.3 Å². The SMILES string of the molecule is CC[C@H](/C=C(/C)[C@@H]1C[C@@H](OC)C[C@H](OCOC)C(C)(C)C2=CC(=O)C[C@H](C[C@H](OC)[C@H](OCOC)C(=O)O1)O2)CO[Si](C(C)C)(C(C)C)C(C)C. The first-order valence-electron chi connectivity index (χ1n) is 18.7. The quantitative estimate of drug-likeness (QED) is 0.0638. The van der Waals surface area contributed by atoms with Crippen LogP contribution in [0, 0.1) is 11.3 Å². The Balaban J connectivity index is 2.63. The lowest BCUT2D eigenvalue weighted by Crippen LogP contribution is -2.48. The fourth-order valence-electron chi connectivity index (χ4n) is 7.92. The molecule has 0 saturated carbocycles. The average molecular weight is 743 g/mol. The van der Waals surface area contributed by atoms with Gasteiger partial charge >= 0.3 is 5.97 Å². The molecular formula is C39H70O11Si. The van der Waals surface area contributed by atoms with Crippen molar-refractivity contribution in [1.82, 2.24) is 0 Å². The molecule has 0 amide bonds. The summed E-state index contributed by atoms with van der Waals surface area (Å²) in [6, 6.07) is 0. The molecule has 0 radical (unpaired) electrons. The van der Waals surface area contributed by atoms with E-state index in [1.165, 1.54) is 14.2 Å². The number of hydrogen-bond acceptors (Lipinski definition) is 11. The van der Waals surface area contributed by atoms with E-state index in [0.717, 1.165) is 12.0 Å². The molecule has 2 bridgehead atoms. The van der Waals surface area contributed by atoms with E-state index in [9.17, 15) is 9.59 Å². The van der Waals surface area contributed by atoms with Crippen molar-refractivity contribution in [1.29, 1.82) is 0 Å². The summed E-state index contributed by atoms with van der Waals surface area (Å²) in [7, 11) is 4.12. The van der Waals surface area contributed by atoms with E-state index in [4.69, 9.17) is 42.3 Å². The number of fused-ring (bicyclic) bond motifs is 2. The summed E-state index contributed by atoms with van der Waals surface area (Å²) in [5, 5.41) is 0. The van der Waals surface area contributed by atoms with Crippen LogP contribution in [-0.4, -0.2) is 105 Å². The first kappa shape index (κ1) is 45.5. The Morgan fingerprint density at radius 2 is 1.51 bits per heavy atom. The van der Waals surface area contributed by atoms with Crippen molar-refractivity contribution in [2.24, 2.45) is 11.3 Å². The standard InChI is InChI=1S/C39H70O11Si/c1-15-29(22-48-51(25(2)3,26(4)5)27(6)7)16-28(8)33-19-31(44-13)21-35(46-23-42-11)39(9,10)36-18-30(40)17-32(49-36)20-34(45-14)37(38(41)50-33)47-24-43-12/h16,18,25-27,29,31-35,37H,15,17,19-24H2,1-14H3/b28-16-/t29-,31-,32-,33+,34+,35+,37+/m1/s1. The van der Waals surface area contributed by atoms with Crippen LogP contribution in [0.4, 0.5) is 0 Å². The molecule has 0 aromatic rings. The number of carbonyl (C=O) groups excluding carboxylic acids is 2. The molecule has 11 nitrogen and oxygen atoms in total. The second-order valence-electron chi connectivity index (χ2n) is 15.7. The Hall–Kier alpha value is -1.64. The van der Waals surface area contributed by atoms with Gasteiger partial charge in [0.05, 0.1) is 18.3 Å². The van der Waals surface area contributed by atoms with E-state index in [-0.39, 0.29) is 38.1 Å². The Morgan fingerprint density at radius 1 is 0.902 bits per heavy atom. The number of methoxy groups -OCH3 is 4. The van der Waals surface area contributed by atoms with Crippen molar-refractivity contribution in [2.45, 2.75) is 155 Å². The molecule has 2 rings (SSSR count). The third-order valence-electron chi connectivity index (χ3n) is 10.9. The van der Waals surface area contributed by atoms with Crippen LogP contribution in [0.15, 0.2) is 23.5 Å². The van der Waals surface area contributed by atoms with Gasteiger partial charge in [0.15, 0.2) is 20.2 Å². The Morgan fingerprint density at radius 3 is 2.04 bits per heavy atom. The van der Waals surface area contributed by atoms with E-state index in [1.54, 1.807) is 20.3 Å². The molecule has 0 aromatic carbocycles. The molecule has 2 aliphatic rings. The molecule has 1 fully saturated rings. The Kier molecular flexibility index (Phi) is 19.0. The molecule has 0 N–H and O–H groups in total. The maximum atomic E-state index is 14.1. The van der Waals surface area contributed by atoms with Gasteiger partial charge in [0, 0.05) is 72.2 Å². The summed E-state index contributed by atoms with van der Waals surface area (Å²) >= 11 is 0. The highest BCUT2D eigenvalue weighted by Gasteiger charge is 2.46. The molecule has 0 aliphatic carbocycles. The number of cyclic esters (lactones) is 1. The van der Waals surface area contributed by atoms with E-state index in [2.05, 4.69) is 54.5 Å². The van der Waals surface area contributed by atoms with Gasteiger partial charge in [-0.15, -0.1) is 0 Å². The number of rotatable bonds is 17. The first-order chi connectivity index (χ1) is 24.0. The summed E-state index contributed by atoms with van der Waals surface area (Å²) in [5.41, 5.74) is 1.58. The minimum absolute atomic E-state index is 0.0446. The van der Waals surface area contributed by atoms with Gasteiger partial charge in [-0.3, -0.25) is 4.79 Å². The minimum atomic E-state index is -2.09. The van der Waals surface area contributed by atoms with E-state index < -0.39 is 56.3 Å². The number of esters is 1. The summed E-state index contributed by atoms with van der Waals surface area (Å²) in [6.07, 6.45) is 1.76. The van der Waals surface area contributed by atoms with Gasteiger partial charge in [-0.2, -0.15) is 0 Å². The lowest BCUT2D eigenvalue weighted by Gasteiger charge is -2.43. The number of allylic oxidation sites excluding steroid dienone is 1. The first-order valence-corrected chi connectivity index (χ1v) is 20.9. The van der Waals surface area contributed by atoms with Crippen LogP contribution >= 0.6 is 0 Å². The third kappa shape index (κ3) is 12.2. The van der Waals surface area contributed by atoms with Crippen molar-refractivity contribution in [2.75, 3.05) is 48.6 Å². The van der Waals surface area contributed by atoms with Gasteiger partial charge in [-0.05, 0) is 41.5 Å². The van der Waals surface area contributed by atoms with Crippen molar-refractivity contribution >= 4 is 20.1 Å². The molecule has 0 aromatic heterocycles. The zero-order valence-corrected chi connectivity index (χ0v) is 35.1. The lowest BCUT2D eigenvalue weighted by molar-refractivity contribution is -0.187. The Bertz CT molecular complexity index is 1110. The van der Waals surface area contributed by atoms with Crippen molar-refractivity contribution in [3.63, 3.8) is 0 Å². The average Bonchev–Trinajstić information content (AvgIpc) is 3.06. The molecule has 1 saturated heterocycles. The predicted molar refractivity (Wildman–Crippen MR) is 200 cm³/mol. The van der Waals surface area contributed by atoms with Crippen molar-refractivity contribution in [3.05, 3.63) is 23.5 Å². The highest BCUT2D eigenvalue weighted by Crippen LogP contribution is 2.43. The van der Waals surface area contributed by atoms with Crippen LogP contribution < -0.4 is 0 Å². The fraction of sp³-hybridized carbons (Fsp3) is 0.846. The van der Waals surface area contributed by atoms with Crippen LogP contribution in [0.1, 0.15) is 101 Å². The van der Waals surface area contributed by atoms with E-state index in [1.807, 2.05) is 20.8 Å². The normalized spacial score (nSPS) is 27.6. The highest BCUT2D eigenvalue weighted by atomic mass is 28.4. The number of ketones is 1. The second-order valence-corrected chi connectivity index (χ2v) is 21.1. The van der Waals surface area contributed by atoms with Crippen LogP contribution in [0.5, 0.6) is 0 Å². The third-order valence-corrected chi connectivity index (χ3v) is 17.0. The molecule has 0 spiro atoms. The number of ether oxygens (including phenoxy) is 8. The predicted octanol–water partition coefficient (Wildman–Crippen LogP) is 7.52. The van der Waals surface area contributed by atoms with Gasteiger partial charge in [-0.1, -0.05) is 68.4 Å². The molecule has 51 heavy (non-hydrogen) atoms. The Labute approximate surface area is 309 Å². The largest absolute Gasteiger partial charge is 0.493 e. The summed E-state index contributed by atoms with van der Waals surface area (Å²) < 4.78 is 54.4. The molecule has 2 heterocycles. The van der Waals surface area contributed by atoms with Gasteiger partial charge in [0.1, 0.15) is 31.6 Å². The maximum absolute atomic E-state index is 14.1. The van der Waals surface area contributed by atoms with Gasteiger partial charge in [0.2, 0.25) is 0 Å². The molecule has 2 aliphatic heterocycles. The molecule has 296 valence electrons. The summed E-state index contributed by atoms with van der Waals surface area (Å²) in [5.74, 6) is -0.0480. The van der Waals surface area contributed by atoms with E-state index >= 15 is 0 Å². The zero-order chi connectivity index (χ0) is 38.5. The van der Waals surface area contributed by atoms with Crippen LogP contribution in [0.3, 0.4) is 0 Å². The smallest absolute Gasteiger partial charge is 0.338 e. The summed E-state index contributed by atoms with van der Waals surface area (Å²) in [4.78, 5) is 27.2. The van der Waals surface area contributed by atoms with Gasteiger partial charge in [-0.25, -0.2) is 4.79 Å². The van der Waals surface area contributed by atoms with Crippen LogP contribution in [-0.2, 0) is 51.9 Å². The molecular weight excluding hydrogens is 673 g/mol. The number of carbonyl (C=O) groups is 2. The van der Waals surface area contributed by atoms with Crippen molar-refractivity contribution in [3.8, 4) is 0 Å². The fourth-order valence-corrected chi connectivity index (χ4v) is 13.4.